The highest BCUT2D eigenvalue weighted by Crippen LogP contribution is 2.22. The van der Waals surface area contributed by atoms with E-state index >= 15 is 0 Å². The Labute approximate surface area is 129 Å². The van der Waals surface area contributed by atoms with Crippen LogP contribution >= 0.6 is 0 Å². The number of piperidine rings is 1. The molecule has 1 aromatic carbocycles. The molecule has 1 amide bonds. The second kappa shape index (κ2) is 7.24. The molecule has 0 aliphatic carbocycles. The second-order valence-corrected chi connectivity index (χ2v) is 5.32. The fraction of sp³-hybridized carbons (Fsp3) is 0.375. The molecule has 0 bridgehead atoms. The van der Waals surface area contributed by atoms with E-state index in [1.54, 1.807) is 36.4 Å². The molecule has 0 atom stereocenters. The van der Waals surface area contributed by atoms with Crippen molar-refractivity contribution in [3.05, 3.63) is 29.8 Å². The van der Waals surface area contributed by atoms with Gasteiger partial charge in [-0.1, -0.05) is 19.1 Å². The number of hydrogen-bond donors (Lipinski definition) is 1. The monoisotopic (exact) mass is 295 g/mol. The number of nitrogens with one attached hydrogen (secondary N) is 1. The molecule has 22 heavy (non-hydrogen) atoms. The van der Waals surface area contributed by atoms with Crippen molar-refractivity contribution < 1.29 is 4.79 Å². The van der Waals surface area contributed by atoms with Gasteiger partial charge in [-0.25, -0.2) is 0 Å². The van der Waals surface area contributed by atoms with Crippen LogP contribution in [0.25, 0.3) is 0 Å². The van der Waals surface area contributed by atoms with Gasteiger partial charge in [-0.05, 0) is 30.9 Å². The molecule has 2 rings (SSSR count). The van der Waals surface area contributed by atoms with E-state index < -0.39 is 0 Å². The third-order valence-electron chi connectivity index (χ3n) is 3.73. The van der Waals surface area contributed by atoms with E-state index in [4.69, 9.17) is 10.5 Å². The first-order valence-electron chi connectivity index (χ1n) is 7.18. The molecule has 1 fully saturated rings. The summed E-state index contributed by atoms with van der Waals surface area (Å²) in [5.41, 5.74) is 3.35. The molecule has 0 unspecified atom stereocenters. The van der Waals surface area contributed by atoms with Crippen LogP contribution < -0.4 is 5.43 Å². The van der Waals surface area contributed by atoms with E-state index in [0.29, 0.717) is 17.2 Å². The summed E-state index contributed by atoms with van der Waals surface area (Å²) in [6.07, 6.45) is 2.01. The fourth-order valence-electron chi connectivity index (χ4n) is 2.34. The third kappa shape index (κ3) is 3.62. The van der Waals surface area contributed by atoms with Crippen LogP contribution in [0.2, 0.25) is 0 Å². The summed E-state index contributed by atoms with van der Waals surface area (Å²) in [6, 6.07) is 10.3. The normalized spacial score (nSPS) is 14.6. The highest BCUT2D eigenvalue weighted by atomic mass is 16.2. The Balaban J connectivity index is 2.18. The molecule has 6 nitrogen and oxygen atoms in total. The zero-order valence-corrected chi connectivity index (χ0v) is 12.4. The molecule has 0 radical (unpaired) electrons. The number of carbonyl (C=O) groups excluding carboxylic acids is 1. The number of rotatable bonds is 3. The van der Waals surface area contributed by atoms with Crippen LogP contribution in [0.1, 0.15) is 30.1 Å². The summed E-state index contributed by atoms with van der Waals surface area (Å²) in [5, 5.41) is 21.1. The van der Waals surface area contributed by atoms with Crippen molar-refractivity contribution in [3.8, 4) is 12.1 Å². The Morgan fingerprint density at radius 3 is 2.55 bits per heavy atom. The van der Waals surface area contributed by atoms with Crippen molar-refractivity contribution in [3.63, 3.8) is 0 Å². The number of carbonyl (C=O) groups is 1. The Hall–Kier alpha value is -2.86. The second-order valence-electron chi connectivity index (χ2n) is 5.32. The summed E-state index contributed by atoms with van der Waals surface area (Å²) in [6.45, 7) is 3.69. The molecule has 112 valence electrons. The summed E-state index contributed by atoms with van der Waals surface area (Å²) in [5.74, 6) is 0.594. The molecular weight excluding hydrogens is 278 g/mol. The zero-order chi connectivity index (χ0) is 15.9. The first-order chi connectivity index (χ1) is 10.7. The van der Waals surface area contributed by atoms with Crippen LogP contribution in [0.15, 0.2) is 29.4 Å². The van der Waals surface area contributed by atoms with E-state index in [1.165, 1.54) is 0 Å². The lowest BCUT2D eigenvalue weighted by molar-refractivity contribution is 0.0698. The highest BCUT2D eigenvalue weighted by Gasteiger charge is 2.23. The van der Waals surface area contributed by atoms with Crippen LogP contribution in [-0.4, -0.2) is 29.6 Å². The maximum absolute atomic E-state index is 12.6. The number of amides is 1. The van der Waals surface area contributed by atoms with Crippen molar-refractivity contribution in [1.29, 1.82) is 10.5 Å². The van der Waals surface area contributed by atoms with Gasteiger partial charge < -0.3 is 4.90 Å². The molecule has 1 aliphatic heterocycles. The number of hydrogen-bond acceptors (Lipinski definition) is 5. The maximum atomic E-state index is 12.6. The average molecular weight is 295 g/mol. The number of nitriles is 2. The predicted octanol–water partition coefficient (Wildman–Crippen LogP) is 2.37. The van der Waals surface area contributed by atoms with E-state index in [1.807, 2.05) is 4.90 Å². The quantitative estimate of drug-likeness (QED) is 0.684. The smallest absolute Gasteiger partial charge is 0.256 e. The molecular formula is C16H17N5O. The van der Waals surface area contributed by atoms with Crippen molar-refractivity contribution in [2.75, 3.05) is 18.5 Å². The summed E-state index contributed by atoms with van der Waals surface area (Å²) >= 11 is 0. The molecule has 0 saturated carbocycles. The number of likely N-dealkylation sites (tertiary alicyclic amines) is 1. The van der Waals surface area contributed by atoms with Crippen LogP contribution in [0, 0.1) is 28.6 Å². The largest absolute Gasteiger partial charge is 0.339 e. The summed E-state index contributed by atoms with van der Waals surface area (Å²) in [7, 11) is 0. The van der Waals surface area contributed by atoms with Gasteiger partial charge in [-0.3, -0.25) is 10.2 Å². The minimum atomic E-state index is -0.283. The number of nitrogens with zero attached hydrogens (tertiary/aromatic N) is 4. The molecule has 1 aromatic rings. The summed E-state index contributed by atoms with van der Waals surface area (Å²) in [4.78, 5) is 14.5. The van der Waals surface area contributed by atoms with Gasteiger partial charge in [-0.2, -0.15) is 15.6 Å². The molecule has 1 N–H and O–H groups in total. The Bertz CT molecular complexity index is 644. The Morgan fingerprint density at radius 1 is 1.27 bits per heavy atom. The Kier molecular flexibility index (Phi) is 5.11. The van der Waals surface area contributed by atoms with Gasteiger partial charge in [0, 0.05) is 13.1 Å². The van der Waals surface area contributed by atoms with Gasteiger partial charge in [0.2, 0.25) is 5.71 Å². The van der Waals surface area contributed by atoms with Crippen molar-refractivity contribution >= 4 is 17.3 Å². The number of benzene rings is 1. The highest BCUT2D eigenvalue weighted by molar-refractivity contribution is 6.10. The number of hydrazone groups is 1. The van der Waals surface area contributed by atoms with Crippen LogP contribution in [0.5, 0.6) is 0 Å². The lowest BCUT2D eigenvalue weighted by Gasteiger charge is -2.30. The summed E-state index contributed by atoms with van der Waals surface area (Å²) < 4.78 is 0. The maximum Gasteiger partial charge on any atom is 0.256 e. The van der Waals surface area contributed by atoms with Gasteiger partial charge in [0.15, 0.2) is 0 Å². The van der Waals surface area contributed by atoms with E-state index in [0.717, 1.165) is 25.9 Å². The first kappa shape index (κ1) is 15.5. The van der Waals surface area contributed by atoms with Crippen molar-refractivity contribution in [2.45, 2.75) is 19.8 Å². The molecule has 1 heterocycles. The third-order valence-corrected chi connectivity index (χ3v) is 3.73. The Morgan fingerprint density at radius 2 is 1.91 bits per heavy atom. The number of anilines is 1. The van der Waals surface area contributed by atoms with Gasteiger partial charge in [0.25, 0.3) is 5.91 Å². The minimum Gasteiger partial charge on any atom is -0.339 e. The van der Waals surface area contributed by atoms with Crippen LogP contribution in [0.3, 0.4) is 0 Å². The predicted molar refractivity (Wildman–Crippen MR) is 83.0 cm³/mol. The van der Waals surface area contributed by atoms with E-state index in [9.17, 15) is 4.79 Å². The zero-order valence-electron chi connectivity index (χ0n) is 12.4. The molecule has 0 aromatic heterocycles. The van der Waals surface area contributed by atoms with E-state index in [-0.39, 0.29) is 11.6 Å². The van der Waals surface area contributed by atoms with E-state index in [2.05, 4.69) is 17.5 Å². The van der Waals surface area contributed by atoms with Crippen LogP contribution in [-0.2, 0) is 0 Å². The van der Waals surface area contributed by atoms with Crippen LogP contribution in [0.4, 0.5) is 5.69 Å². The lowest BCUT2D eigenvalue weighted by Crippen LogP contribution is -2.38. The van der Waals surface area contributed by atoms with Crippen molar-refractivity contribution in [2.24, 2.45) is 11.0 Å². The lowest BCUT2D eigenvalue weighted by atomic mass is 9.98. The molecule has 1 saturated heterocycles. The standard InChI is InChI=1S/C16H17N5O/c1-12-6-8-21(9-7-12)16(22)14-4-2-3-5-15(14)20-19-13(10-17)11-18/h2-5,12,20H,6-9H2,1H3. The van der Waals surface area contributed by atoms with Gasteiger partial charge in [0.1, 0.15) is 12.1 Å². The fourth-order valence-corrected chi connectivity index (χ4v) is 2.34. The van der Waals surface area contributed by atoms with Crippen molar-refractivity contribution in [1.82, 2.24) is 4.90 Å². The molecule has 0 spiro atoms. The molecule has 6 heteroatoms. The molecule has 1 aliphatic rings. The average Bonchev–Trinajstić information content (AvgIpc) is 2.56. The van der Waals surface area contributed by atoms with Gasteiger partial charge in [0.05, 0.1) is 11.3 Å². The first-order valence-corrected chi connectivity index (χ1v) is 7.18. The topological polar surface area (TPSA) is 92.3 Å². The van der Waals surface area contributed by atoms with Gasteiger partial charge in [-0.15, -0.1) is 0 Å². The van der Waals surface area contributed by atoms with Gasteiger partial charge >= 0.3 is 0 Å². The number of para-hydroxylation sites is 1. The SMILES string of the molecule is CC1CCN(C(=O)c2ccccc2NN=C(C#N)C#N)CC1. The minimum absolute atomic E-state index is 0.0549.